The molecular formula is C13H15Cl2N3. The van der Waals surface area contributed by atoms with E-state index in [-0.39, 0.29) is 0 Å². The molecule has 1 aromatic carbocycles. The number of nitrogens with zero attached hydrogens (tertiary/aromatic N) is 2. The van der Waals surface area contributed by atoms with Gasteiger partial charge in [0.15, 0.2) is 0 Å². The number of halogens is 2. The molecule has 2 rings (SSSR count). The van der Waals surface area contributed by atoms with Crippen molar-refractivity contribution in [3.8, 4) is 0 Å². The summed E-state index contributed by atoms with van der Waals surface area (Å²) >= 11 is 12.1. The molecule has 3 nitrogen and oxygen atoms in total. The third kappa shape index (κ3) is 3.25. The standard InChI is InChI=1S/C13H15Cl2N3/c1-18-8-7-17-12(18)5-6-16-9-10-3-2-4-11(14)13(10)15/h2-4,7-8,16H,5-6,9H2,1H3. The largest absolute Gasteiger partial charge is 0.338 e. The van der Waals surface area contributed by atoms with Gasteiger partial charge in [-0.1, -0.05) is 35.3 Å². The molecule has 0 saturated carbocycles. The smallest absolute Gasteiger partial charge is 0.109 e. The van der Waals surface area contributed by atoms with E-state index in [4.69, 9.17) is 23.2 Å². The van der Waals surface area contributed by atoms with Crippen molar-refractivity contribution in [1.29, 1.82) is 0 Å². The van der Waals surface area contributed by atoms with E-state index in [0.29, 0.717) is 16.6 Å². The van der Waals surface area contributed by atoms with Crippen molar-refractivity contribution in [1.82, 2.24) is 14.9 Å². The quantitative estimate of drug-likeness (QED) is 0.855. The van der Waals surface area contributed by atoms with Crippen molar-refractivity contribution in [2.45, 2.75) is 13.0 Å². The first-order valence-corrected chi connectivity index (χ1v) is 6.54. The van der Waals surface area contributed by atoms with Gasteiger partial charge in [-0.3, -0.25) is 0 Å². The molecule has 0 bridgehead atoms. The Morgan fingerprint density at radius 2 is 2.17 bits per heavy atom. The number of hydrogen-bond donors (Lipinski definition) is 1. The van der Waals surface area contributed by atoms with Crippen LogP contribution in [-0.2, 0) is 20.0 Å². The minimum absolute atomic E-state index is 0.597. The maximum absolute atomic E-state index is 6.11. The molecule has 96 valence electrons. The van der Waals surface area contributed by atoms with Gasteiger partial charge in [0.25, 0.3) is 0 Å². The third-order valence-corrected chi connectivity index (χ3v) is 3.65. The molecule has 0 fully saturated rings. The molecule has 18 heavy (non-hydrogen) atoms. The summed E-state index contributed by atoms with van der Waals surface area (Å²) in [5, 5.41) is 4.56. The van der Waals surface area contributed by atoms with E-state index in [9.17, 15) is 0 Å². The molecular weight excluding hydrogens is 269 g/mol. The number of rotatable bonds is 5. The molecule has 0 aliphatic heterocycles. The molecule has 2 aromatic rings. The zero-order chi connectivity index (χ0) is 13.0. The molecule has 1 heterocycles. The van der Waals surface area contributed by atoms with E-state index in [1.807, 2.05) is 36.1 Å². The van der Waals surface area contributed by atoms with Crippen LogP contribution in [0.3, 0.4) is 0 Å². The average molecular weight is 284 g/mol. The molecule has 0 spiro atoms. The van der Waals surface area contributed by atoms with Gasteiger partial charge < -0.3 is 9.88 Å². The van der Waals surface area contributed by atoms with E-state index < -0.39 is 0 Å². The lowest BCUT2D eigenvalue weighted by atomic mass is 10.2. The fourth-order valence-electron chi connectivity index (χ4n) is 1.75. The van der Waals surface area contributed by atoms with Crippen molar-refractivity contribution in [3.05, 3.63) is 52.0 Å². The van der Waals surface area contributed by atoms with Crippen molar-refractivity contribution in [2.24, 2.45) is 7.05 Å². The van der Waals surface area contributed by atoms with Crippen LogP contribution in [0.4, 0.5) is 0 Å². The Balaban J connectivity index is 1.82. The maximum Gasteiger partial charge on any atom is 0.109 e. The number of benzene rings is 1. The number of aryl methyl sites for hydroxylation is 1. The zero-order valence-electron chi connectivity index (χ0n) is 10.2. The van der Waals surface area contributed by atoms with Crippen LogP contribution in [0.15, 0.2) is 30.6 Å². The molecule has 0 aliphatic carbocycles. The van der Waals surface area contributed by atoms with E-state index in [0.717, 1.165) is 24.4 Å². The monoisotopic (exact) mass is 283 g/mol. The highest BCUT2D eigenvalue weighted by Crippen LogP contribution is 2.25. The zero-order valence-corrected chi connectivity index (χ0v) is 11.7. The maximum atomic E-state index is 6.11. The van der Waals surface area contributed by atoms with E-state index >= 15 is 0 Å². The van der Waals surface area contributed by atoms with Crippen molar-refractivity contribution < 1.29 is 0 Å². The molecule has 0 aliphatic rings. The summed E-state index contributed by atoms with van der Waals surface area (Å²) in [6.45, 7) is 1.57. The van der Waals surface area contributed by atoms with Crippen LogP contribution in [0.1, 0.15) is 11.4 Å². The lowest BCUT2D eigenvalue weighted by Crippen LogP contribution is -2.18. The fourth-order valence-corrected chi connectivity index (χ4v) is 2.13. The van der Waals surface area contributed by atoms with Crippen LogP contribution < -0.4 is 5.32 Å². The van der Waals surface area contributed by atoms with Crippen LogP contribution in [0.5, 0.6) is 0 Å². The topological polar surface area (TPSA) is 29.9 Å². The van der Waals surface area contributed by atoms with Crippen molar-refractivity contribution in [2.75, 3.05) is 6.54 Å². The minimum Gasteiger partial charge on any atom is -0.338 e. The normalized spacial score (nSPS) is 10.8. The molecule has 1 N–H and O–H groups in total. The summed E-state index contributed by atoms with van der Waals surface area (Å²) in [6.07, 6.45) is 4.65. The number of nitrogens with one attached hydrogen (secondary N) is 1. The van der Waals surface area contributed by atoms with Gasteiger partial charge >= 0.3 is 0 Å². The fraction of sp³-hybridized carbons (Fsp3) is 0.308. The van der Waals surface area contributed by atoms with Crippen LogP contribution in [0.25, 0.3) is 0 Å². The second-order valence-electron chi connectivity index (χ2n) is 4.09. The van der Waals surface area contributed by atoms with Gasteiger partial charge in [-0.15, -0.1) is 0 Å². The van der Waals surface area contributed by atoms with Gasteiger partial charge in [0, 0.05) is 39.0 Å². The Bertz CT molecular complexity index is 523. The van der Waals surface area contributed by atoms with E-state index in [1.165, 1.54) is 0 Å². The van der Waals surface area contributed by atoms with E-state index in [1.54, 1.807) is 6.07 Å². The predicted molar refractivity (Wildman–Crippen MR) is 75.1 cm³/mol. The van der Waals surface area contributed by atoms with Crippen LogP contribution >= 0.6 is 23.2 Å². The number of hydrogen-bond acceptors (Lipinski definition) is 2. The van der Waals surface area contributed by atoms with Gasteiger partial charge in [0.05, 0.1) is 10.0 Å². The summed E-state index contributed by atoms with van der Waals surface area (Å²) in [6, 6.07) is 5.67. The highest BCUT2D eigenvalue weighted by molar-refractivity contribution is 6.42. The summed E-state index contributed by atoms with van der Waals surface area (Å²) in [5.41, 5.74) is 1.02. The predicted octanol–water partition coefficient (Wildman–Crippen LogP) is 3.06. The molecule has 1 aromatic heterocycles. The van der Waals surface area contributed by atoms with Crippen molar-refractivity contribution >= 4 is 23.2 Å². The van der Waals surface area contributed by atoms with E-state index in [2.05, 4.69) is 10.3 Å². The average Bonchev–Trinajstić information content (AvgIpc) is 2.76. The first kappa shape index (κ1) is 13.4. The molecule has 5 heteroatoms. The second kappa shape index (κ2) is 6.23. The molecule has 0 saturated heterocycles. The molecule has 0 amide bonds. The molecule has 0 atom stereocenters. The Kier molecular flexibility index (Phi) is 4.64. The summed E-state index contributed by atoms with van der Waals surface area (Å²) in [7, 11) is 2.00. The number of imidazole rings is 1. The Morgan fingerprint density at radius 3 is 2.89 bits per heavy atom. The second-order valence-corrected chi connectivity index (χ2v) is 4.88. The van der Waals surface area contributed by atoms with Gasteiger partial charge in [-0.25, -0.2) is 4.98 Å². The summed E-state index contributed by atoms with van der Waals surface area (Å²) in [4.78, 5) is 4.27. The molecule has 0 radical (unpaired) electrons. The van der Waals surface area contributed by atoms with Crippen LogP contribution in [0, 0.1) is 0 Å². The highest BCUT2D eigenvalue weighted by Gasteiger charge is 2.04. The summed E-state index contributed by atoms with van der Waals surface area (Å²) < 4.78 is 2.02. The van der Waals surface area contributed by atoms with Gasteiger partial charge in [0.1, 0.15) is 5.82 Å². The Labute approximate surface area is 117 Å². The lowest BCUT2D eigenvalue weighted by molar-refractivity contribution is 0.655. The first-order valence-electron chi connectivity index (χ1n) is 5.78. The van der Waals surface area contributed by atoms with Gasteiger partial charge in [0.2, 0.25) is 0 Å². The Morgan fingerprint density at radius 1 is 1.33 bits per heavy atom. The first-order chi connectivity index (χ1) is 8.68. The minimum atomic E-state index is 0.597. The summed E-state index contributed by atoms with van der Waals surface area (Å²) in [5.74, 6) is 1.07. The van der Waals surface area contributed by atoms with Crippen LogP contribution in [0.2, 0.25) is 10.0 Å². The number of aromatic nitrogens is 2. The van der Waals surface area contributed by atoms with Gasteiger partial charge in [-0.2, -0.15) is 0 Å². The Hall–Kier alpha value is -1.03. The lowest BCUT2D eigenvalue weighted by Gasteiger charge is -2.07. The van der Waals surface area contributed by atoms with Crippen LogP contribution in [-0.4, -0.2) is 16.1 Å². The third-order valence-electron chi connectivity index (χ3n) is 2.79. The van der Waals surface area contributed by atoms with Crippen molar-refractivity contribution in [3.63, 3.8) is 0 Å². The highest BCUT2D eigenvalue weighted by atomic mass is 35.5. The van der Waals surface area contributed by atoms with Gasteiger partial charge in [-0.05, 0) is 11.6 Å². The SMILES string of the molecule is Cn1ccnc1CCNCc1cccc(Cl)c1Cl. The molecule has 0 unspecified atom stereocenters.